The molecule has 58 heavy (non-hydrogen) atoms. The molecule has 0 unspecified atom stereocenters. The molecule has 0 saturated heterocycles. The zero-order valence-corrected chi connectivity index (χ0v) is 32.5. The molecule has 1 heterocycles. The number of rotatable bonds is 7. The molecule has 0 saturated carbocycles. The second-order valence-electron chi connectivity index (χ2n) is 14.8. The molecule has 0 aliphatic carbocycles. The lowest BCUT2D eigenvalue weighted by atomic mass is 9.90. The van der Waals surface area contributed by atoms with Crippen molar-refractivity contribution in [2.45, 2.75) is 0 Å². The van der Waals surface area contributed by atoms with Gasteiger partial charge < -0.3 is 4.90 Å². The standard InChI is InChI=1S/C56H37NS/c1-3-20-42-38(16-1)18-13-27-43(42)40-34-36-41(37-35-40)57(53-31-11-8-25-49(53)50-29-15-33-55-56(50)51-26-9-12-32-54(51)58-55)52-30-10-7-24-48(52)47-23-6-5-22-46(47)45-28-14-19-39-17-2-4-21-44(39)45/h1-37H. The highest BCUT2D eigenvalue weighted by Crippen LogP contribution is 2.49. The Morgan fingerprint density at radius 2 is 0.707 bits per heavy atom. The van der Waals surface area contributed by atoms with Crippen molar-refractivity contribution in [2.75, 3.05) is 4.90 Å². The molecule has 0 spiro atoms. The Morgan fingerprint density at radius 3 is 1.40 bits per heavy atom. The van der Waals surface area contributed by atoms with E-state index in [1.165, 1.54) is 80.7 Å². The molecule has 2 heteroatoms. The van der Waals surface area contributed by atoms with Crippen molar-refractivity contribution >= 4 is 70.1 Å². The fraction of sp³-hybridized carbons (Fsp3) is 0. The number of fused-ring (bicyclic) bond motifs is 5. The first-order valence-electron chi connectivity index (χ1n) is 19.8. The van der Waals surface area contributed by atoms with Crippen LogP contribution < -0.4 is 4.90 Å². The number of hydrogen-bond donors (Lipinski definition) is 0. The average molecular weight is 756 g/mol. The minimum absolute atomic E-state index is 1.09. The van der Waals surface area contributed by atoms with Crippen molar-refractivity contribution < 1.29 is 0 Å². The quantitative estimate of drug-likeness (QED) is 0.157. The van der Waals surface area contributed by atoms with Crippen LogP contribution in [0, 0.1) is 0 Å². The smallest absolute Gasteiger partial charge is 0.0540 e. The van der Waals surface area contributed by atoms with Crippen molar-refractivity contribution in [3.8, 4) is 44.5 Å². The van der Waals surface area contributed by atoms with Crippen molar-refractivity contribution in [1.82, 2.24) is 0 Å². The summed E-state index contributed by atoms with van der Waals surface area (Å²) < 4.78 is 2.60. The van der Waals surface area contributed by atoms with Crippen LogP contribution in [0.4, 0.5) is 17.1 Å². The van der Waals surface area contributed by atoms with Gasteiger partial charge in [0, 0.05) is 37.0 Å². The predicted molar refractivity (Wildman–Crippen MR) is 251 cm³/mol. The highest BCUT2D eigenvalue weighted by atomic mass is 32.1. The van der Waals surface area contributed by atoms with Gasteiger partial charge in [0.1, 0.15) is 0 Å². The van der Waals surface area contributed by atoms with Crippen molar-refractivity contribution in [3.05, 3.63) is 224 Å². The molecule has 0 N–H and O–H groups in total. The van der Waals surface area contributed by atoms with E-state index >= 15 is 0 Å². The normalized spacial score (nSPS) is 11.4. The molecule has 11 aromatic rings. The lowest BCUT2D eigenvalue weighted by Crippen LogP contribution is -2.12. The highest BCUT2D eigenvalue weighted by molar-refractivity contribution is 7.25. The number of thiophene rings is 1. The minimum Gasteiger partial charge on any atom is -0.309 e. The summed E-state index contributed by atoms with van der Waals surface area (Å²) in [5, 5.41) is 7.58. The number of nitrogens with zero attached hydrogens (tertiary/aromatic N) is 1. The third-order valence-electron chi connectivity index (χ3n) is 11.5. The SMILES string of the molecule is c1ccc(-c2cccc3ccccc23)c(-c2ccccc2N(c2ccc(-c3cccc4ccccc34)cc2)c2ccccc2-c2cccc3sc4ccccc4c23)c1. The van der Waals surface area contributed by atoms with Gasteiger partial charge >= 0.3 is 0 Å². The molecule has 11 rings (SSSR count). The Balaban J connectivity index is 1.15. The summed E-state index contributed by atoms with van der Waals surface area (Å²) in [5.41, 5.74) is 13.0. The van der Waals surface area contributed by atoms with Crippen LogP contribution in [0.5, 0.6) is 0 Å². The van der Waals surface area contributed by atoms with E-state index in [1.54, 1.807) is 0 Å². The first kappa shape index (κ1) is 34.0. The van der Waals surface area contributed by atoms with Gasteiger partial charge in [0.05, 0.1) is 11.4 Å². The van der Waals surface area contributed by atoms with E-state index in [2.05, 4.69) is 229 Å². The van der Waals surface area contributed by atoms with E-state index in [9.17, 15) is 0 Å². The molecule has 272 valence electrons. The number of benzene rings is 10. The second kappa shape index (κ2) is 14.4. The number of hydrogen-bond acceptors (Lipinski definition) is 2. The summed E-state index contributed by atoms with van der Waals surface area (Å²) >= 11 is 1.86. The Morgan fingerprint density at radius 1 is 0.276 bits per heavy atom. The van der Waals surface area contributed by atoms with E-state index in [0.29, 0.717) is 0 Å². The van der Waals surface area contributed by atoms with E-state index in [1.807, 2.05) is 11.3 Å². The van der Waals surface area contributed by atoms with Crippen LogP contribution in [-0.2, 0) is 0 Å². The molecule has 0 radical (unpaired) electrons. The minimum atomic E-state index is 1.09. The van der Waals surface area contributed by atoms with E-state index in [-0.39, 0.29) is 0 Å². The molecule has 0 aliphatic heterocycles. The molecule has 0 fully saturated rings. The maximum atomic E-state index is 2.48. The average Bonchev–Trinajstić information content (AvgIpc) is 3.69. The van der Waals surface area contributed by atoms with Crippen molar-refractivity contribution in [1.29, 1.82) is 0 Å². The Labute approximate surface area is 342 Å². The van der Waals surface area contributed by atoms with Gasteiger partial charge in [-0.05, 0) is 91.3 Å². The Kier molecular flexibility index (Phi) is 8.42. The van der Waals surface area contributed by atoms with Crippen LogP contribution in [0.3, 0.4) is 0 Å². The van der Waals surface area contributed by atoms with Gasteiger partial charge in [0.15, 0.2) is 0 Å². The fourth-order valence-electron chi connectivity index (χ4n) is 8.88. The van der Waals surface area contributed by atoms with E-state index < -0.39 is 0 Å². The van der Waals surface area contributed by atoms with Crippen molar-refractivity contribution in [2.24, 2.45) is 0 Å². The first-order valence-corrected chi connectivity index (χ1v) is 20.7. The van der Waals surface area contributed by atoms with Crippen molar-refractivity contribution in [3.63, 3.8) is 0 Å². The topological polar surface area (TPSA) is 3.24 Å². The van der Waals surface area contributed by atoms with Gasteiger partial charge in [-0.2, -0.15) is 0 Å². The van der Waals surface area contributed by atoms with Gasteiger partial charge in [-0.1, -0.05) is 188 Å². The van der Waals surface area contributed by atoms with Gasteiger partial charge in [0.25, 0.3) is 0 Å². The van der Waals surface area contributed by atoms with Gasteiger partial charge in [-0.15, -0.1) is 11.3 Å². The lowest BCUT2D eigenvalue weighted by Gasteiger charge is -2.30. The third-order valence-corrected chi connectivity index (χ3v) is 12.6. The van der Waals surface area contributed by atoms with Crippen LogP contribution in [0.2, 0.25) is 0 Å². The number of anilines is 3. The van der Waals surface area contributed by atoms with E-state index in [4.69, 9.17) is 0 Å². The zero-order chi connectivity index (χ0) is 38.4. The molecule has 0 aliphatic rings. The monoisotopic (exact) mass is 755 g/mol. The predicted octanol–water partition coefficient (Wildman–Crippen LogP) is 16.5. The summed E-state index contributed by atoms with van der Waals surface area (Å²) in [5.74, 6) is 0. The molecule has 0 atom stereocenters. The molecule has 1 aromatic heterocycles. The van der Waals surface area contributed by atoms with Crippen LogP contribution in [0.15, 0.2) is 224 Å². The Bertz CT molecular complexity index is 3290. The molecule has 10 aromatic carbocycles. The largest absolute Gasteiger partial charge is 0.309 e. The summed E-state index contributed by atoms with van der Waals surface area (Å²) in [6.07, 6.45) is 0. The van der Waals surface area contributed by atoms with Crippen LogP contribution >= 0.6 is 11.3 Å². The summed E-state index contributed by atoms with van der Waals surface area (Å²) in [4.78, 5) is 2.48. The fourth-order valence-corrected chi connectivity index (χ4v) is 10.0. The number of para-hydroxylation sites is 2. The van der Waals surface area contributed by atoms with Gasteiger partial charge in [-0.3, -0.25) is 0 Å². The molecular weight excluding hydrogens is 719 g/mol. The summed E-state index contributed by atoms with van der Waals surface area (Å²) in [6.45, 7) is 0. The molecule has 1 nitrogen and oxygen atoms in total. The lowest BCUT2D eigenvalue weighted by molar-refractivity contribution is 1.28. The highest BCUT2D eigenvalue weighted by Gasteiger charge is 2.23. The second-order valence-corrected chi connectivity index (χ2v) is 15.9. The molecule has 0 amide bonds. The van der Waals surface area contributed by atoms with Crippen LogP contribution in [0.1, 0.15) is 0 Å². The maximum absolute atomic E-state index is 2.48. The van der Waals surface area contributed by atoms with Gasteiger partial charge in [-0.25, -0.2) is 0 Å². The third kappa shape index (κ3) is 5.77. The van der Waals surface area contributed by atoms with E-state index in [0.717, 1.165) is 22.6 Å². The Hall–Kier alpha value is -7.26. The first-order chi connectivity index (χ1) is 28.8. The zero-order valence-electron chi connectivity index (χ0n) is 31.7. The molecular formula is C56H37NS. The maximum Gasteiger partial charge on any atom is 0.0540 e. The molecule has 0 bridgehead atoms. The summed E-state index contributed by atoms with van der Waals surface area (Å²) in [7, 11) is 0. The van der Waals surface area contributed by atoms with Crippen LogP contribution in [0.25, 0.3) is 86.2 Å². The summed E-state index contributed by atoms with van der Waals surface area (Å²) in [6, 6.07) is 82.0. The van der Waals surface area contributed by atoms with Gasteiger partial charge in [0.2, 0.25) is 0 Å². The van der Waals surface area contributed by atoms with Crippen LogP contribution in [-0.4, -0.2) is 0 Å².